The van der Waals surface area contributed by atoms with Crippen molar-refractivity contribution in [1.82, 2.24) is 0 Å². The molecule has 0 spiro atoms. The van der Waals surface area contributed by atoms with Crippen molar-refractivity contribution in [3.05, 3.63) is 179 Å². The van der Waals surface area contributed by atoms with Gasteiger partial charge in [0.1, 0.15) is 18.7 Å². The molecule has 16 heteroatoms. The minimum absolute atomic E-state index is 0.0114. The molecule has 0 radical (unpaired) electrons. The molecule has 0 saturated heterocycles. The van der Waals surface area contributed by atoms with E-state index in [1.165, 1.54) is 0 Å². The summed E-state index contributed by atoms with van der Waals surface area (Å²) in [4.78, 5) is 12.7. The van der Waals surface area contributed by atoms with Gasteiger partial charge in [0.15, 0.2) is 5.75 Å². The van der Waals surface area contributed by atoms with Gasteiger partial charge in [0.05, 0.1) is 32.2 Å². The molecule has 0 aromatic heterocycles. The van der Waals surface area contributed by atoms with Crippen molar-refractivity contribution in [2.45, 2.75) is 24.7 Å². The molecule has 0 heterocycles. The van der Waals surface area contributed by atoms with E-state index in [0.29, 0.717) is 54.1 Å². The fourth-order valence-electron chi connectivity index (χ4n) is 7.70. The summed E-state index contributed by atoms with van der Waals surface area (Å²) < 4.78 is 172. The summed E-state index contributed by atoms with van der Waals surface area (Å²) in [6.07, 6.45) is -18.7. The summed E-state index contributed by atoms with van der Waals surface area (Å²) in [5.41, 5.74) is -3.60. The van der Waals surface area contributed by atoms with Crippen LogP contribution in [0.25, 0.3) is 21.5 Å². The van der Waals surface area contributed by atoms with E-state index < -0.39 is 63.0 Å². The van der Waals surface area contributed by atoms with Gasteiger partial charge in [-0.05, 0) is 27.6 Å². The Morgan fingerprint density at radius 1 is 0.435 bits per heavy atom. The molecule has 0 unspecified atom stereocenters. The Kier molecular flexibility index (Phi) is 12.3. The Morgan fingerprint density at radius 2 is 0.694 bits per heavy atom. The summed E-state index contributed by atoms with van der Waals surface area (Å²) in [5, 5.41) is 3.95. The zero-order valence-corrected chi connectivity index (χ0v) is 33.3. The van der Waals surface area contributed by atoms with Crippen LogP contribution in [-0.2, 0) is 38.8 Å². The molecule has 0 aliphatic heterocycles. The lowest BCUT2D eigenvalue weighted by Gasteiger charge is -2.44. The van der Waals surface area contributed by atoms with Crippen LogP contribution in [0.4, 0.5) is 52.7 Å². The summed E-state index contributed by atoms with van der Waals surface area (Å²) in [6, 6.07) is 31.4. The Balaban J connectivity index is 0.000000254. The Hall–Kier alpha value is -5.90. The van der Waals surface area contributed by atoms with E-state index in [1.54, 1.807) is 12.5 Å². The lowest BCUT2D eigenvalue weighted by Crippen LogP contribution is -2.74. The smallest absolute Gasteiger partial charge is 0.289 e. The maximum absolute atomic E-state index is 13.3. The number of hydrogen-bond donors (Lipinski definition) is 0. The number of rotatable bonds is 7. The first-order chi connectivity index (χ1) is 28.8. The molecule has 7 aromatic rings. The second-order valence-corrected chi connectivity index (χ2v) is 18.2. The van der Waals surface area contributed by atoms with E-state index in [-0.39, 0.29) is 33.4 Å². The van der Waals surface area contributed by atoms with Crippen LogP contribution in [0.1, 0.15) is 32.6 Å². The quantitative estimate of drug-likeness (QED) is 0.0525. The lowest BCUT2D eigenvalue weighted by atomic mass is 9.13. The number of alkyl halides is 12. The van der Waals surface area contributed by atoms with Crippen LogP contribution >= 0.6 is 0 Å². The topological polar surface area (TPSA) is 34.1 Å². The van der Waals surface area contributed by atoms with Gasteiger partial charge in [0, 0.05) is 5.56 Å². The summed E-state index contributed by atoms with van der Waals surface area (Å²) >= 11 is 0. The molecule has 322 valence electrons. The number of carbonyl (C=O) groups is 1. The SMILES string of the molecule is C[S+](C)(=O)CC(=O)c1c2ccccc2cc2ccccc12.FC(F)(F)c1ccc([B-](c2ccc(C(F)(F)F)cc2)(c2ccc(C(F)(F)F)cc2)c2ccc(C(F)(F)F)cc2)cc1. The molecule has 7 rings (SSSR count). The molecule has 2 nitrogen and oxygen atoms in total. The Bertz CT molecular complexity index is 2460. The normalized spacial score (nSPS) is 12.9. The molecule has 7 aromatic carbocycles. The van der Waals surface area contributed by atoms with Gasteiger partial charge < -0.3 is 0 Å². The monoisotopic (exact) mass is 888 g/mol. The highest BCUT2D eigenvalue weighted by Gasteiger charge is 2.38. The first-order valence-electron chi connectivity index (χ1n) is 18.5. The molecule has 0 N–H and O–H groups in total. The number of halogens is 12. The minimum atomic E-state index is -4.77. The van der Waals surface area contributed by atoms with Gasteiger partial charge in [0.25, 0.3) is 0 Å². The molecule has 0 aliphatic rings. The van der Waals surface area contributed by atoms with Crippen LogP contribution in [0, 0.1) is 0 Å². The fraction of sp³-hybridized carbons (Fsp3) is 0.152. The van der Waals surface area contributed by atoms with E-state index in [1.807, 2.05) is 48.5 Å². The molecule has 0 bridgehead atoms. The number of carbonyl (C=O) groups excluding carboxylic acids is 1. The zero-order valence-electron chi connectivity index (χ0n) is 32.5. The molecule has 0 fully saturated rings. The Labute approximate surface area is 348 Å². The highest BCUT2D eigenvalue weighted by molar-refractivity contribution is 8.02. The Morgan fingerprint density at radius 3 is 0.935 bits per heavy atom. The molecule has 0 saturated carbocycles. The third kappa shape index (κ3) is 9.75. The van der Waals surface area contributed by atoms with Gasteiger partial charge in [0.2, 0.25) is 5.78 Å². The number of Topliss-reactive ketones (excluding diaryl/α,β-unsaturated/α-hetero) is 1. The molecule has 62 heavy (non-hydrogen) atoms. The second-order valence-electron chi connectivity index (χ2n) is 15.0. The number of ketones is 1. The van der Waals surface area contributed by atoms with Crippen molar-refractivity contribution in [3.8, 4) is 0 Å². The van der Waals surface area contributed by atoms with Gasteiger partial charge in [-0.3, -0.25) is 4.79 Å². The van der Waals surface area contributed by atoms with Gasteiger partial charge in [-0.25, -0.2) is 0 Å². The van der Waals surface area contributed by atoms with E-state index >= 15 is 0 Å². The molecule has 0 atom stereocenters. The molecular formula is C46H33BF12O2S. The summed E-state index contributed by atoms with van der Waals surface area (Å²) in [7, 11) is -2.11. The number of fused-ring (bicyclic) bond motifs is 2. The second kappa shape index (κ2) is 16.8. The number of hydrogen-bond acceptors (Lipinski definition) is 2. The largest absolute Gasteiger partial charge is 0.416 e. The molecule has 0 aliphatic carbocycles. The van der Waals surface area contributed by atoms with E-state index in [9.17, 15) is 61.7 Å². The van der Waals surface area contributed by atoms with Crippen LogP contribution in [0.3, 0.4) is 0 Å². The van der Waals surface area contributed by atoms with E-state index in [4.69, 9.17) is 0 Å². The van der Waals surface area contributed by atoms with E-state index in [0.717, 1.165) is 70.1 Å². The first kappa shape index (κ1) is 45.6. The van der Waals surface area contributed by atoms with Gasteiger partial charge >= 0.3 is 24.7 Å². The zero-order chi connectivity index (χ0) is 45.5. The van der Waals surface area contributed by atoms with Crippen LogP contribution in [0.2, 0.25) is 0 Å². The van der Waals surface area contributed by atoms with Crippen molar-refractivity contribution in [3.63, 3.8) is 0 Å². The first-order valence-corrected chi connectivity index (χ1v) is 21.1. The maximum atomic E-state index is 13.3. The van der Waals surface area contributed by atoms with Crippen LogP contribution in [0.5, 0.6) is 0 Å². The fourth-order valence-corrected chi connectivity index (χ4v) is 8.48. The highest BCUT2D eigenvalue weighted by atomic mass is 32.2. The van der Waals surface area contributed by atoms with Crippen LogP contribution in [0.15, 0.2) is 152 Å². The predicted octanol–water partition coefficient (Wildman–Crippen LogP) is 11.1. The lowest BCUT2D eigenvalue weighted by molar-refractivity contribution is -0.138. The van der Waals surface area contributed by atoms with Crippen LogP contribution in [-0.4, -0.2) is 30.2 Å². The average molecular weight is 889 g/mol. The van der Waals surface area contributed by atoms with Crippen molar-refractivity contribution in [2.24, 2.45) is 0 Å². The molecular weight excluding hydrogens is 855 g/mol. The maximum Gasteiger partial charge on any atom is 0.416 e. The summed E-state index contributed by atoms with van der Waals surface area (Å²) in [6.45, 7) is 0. The third-order valence-corrected chi connectivity index (χ3v) is 11.4. The van der Waals surface area contributed by atoms with Crippen LogP contribution < -0.4 is 21.9 Å². The van der Waals surface area contributed by atoms with Gasteiger partial charge in [-0.2, -0.15) is 74.5 Å². The van der Waals surface area contributed by atoms with Crippen molar-refractivity contribution in [1.29, 1.82) is 0 Å². The standard InChI is InChI=1S/C28H16BF12.C18H17O2S/c30-25(31,32)17-1-9-21(10-2-17)29(22-11-3-18(4-12-22)26(33,34)35,23-13-5-19(6-14-23)27(36,37)38)24-15-7-20(8-16-24)28(39,40)41;1-21(2,20)12-17(19)18-15-9-5-3-7-13(15)11-14-8-4-6-10-16(14)18/h1-16H;3-11H,12H2,1-2H3/q-1;+1. The average Bonchev–Trinajstić information content (AvgIpc) is 3.19. The number of benzene rings is 7. The van der Waals surface area contributed by atoms with Crippen molar-refractivity contribution >= 4 is 65.3 Å². The van der Waals surface area contributed by atoms with Gasteiger partial charge in [-0.1, -0.05) is 146 Å². The third-order valence-electron chi connectivity index (χ3n) is 10.5. The highest BCUT2D eigenvalue weighted by Crippen LogP contribution is 2.33. The predicted molar refractivity (Wildman–Crippen MR) is 221 cm³/mol. The van der Waals surface area contributed by atoms with E-state index in [2.05, 4.69) is 6.07 Å². The van der Waals surface area contributed by atoms with Crippen molar-refractivity contribution < 1.29 is 61.7 Å². The summed E-state index contributed by atoms with van der Waals surface area (Å²) in [5.74, 6) is 0.0448. The van der Waals surface area contributed by atoms with Crippen molar-refractivity contribution in [2.75, 3.05) is 18.3 Å². The van der Waals surface area contributed by atoms with Gasteiger partial charge in [-0.15, -0.1) is 4.21 Å². The minimum Gasteiger partial charge on any atom is -0.289 e. The molecule has 0 amide bonds.